The Bertz CT molecular complexity index is 1550. The van der Waals surface area contributed by atoms with E-state index < -0.39 is 11.4 Å². The summed E-state index contributed by atoms with van der Waals surface area (Å²) in [6.45, 7) is 4.46. The third-order valence-electron chi connectivity index (χ3n) is 6.92. The molecule has 1 aromatic heterocycles. The van der Waals surface area contributed by atoms with Crippen LogP contribution in [0.2, 0.25) is 0 Å². The molecule has 1 unspecified atom stereocenters. The van der Waals surface area contributed by atoms with Gasteiger partial charge in [-0.05, 0) is 37.6 Å². The number of para-hydroxylation sites is 2. The molecule has 0 saturated carbocycles. The molecule has 168 valence electrons. The standard InChI is InChI=1S/C28H22N2O4/c1-3-29-21-10-6-5-9-20(21)28(27(29)33)23-24(31)19-8-4-7-11-22(19)34-25(23)26(32)30(28)16-18-14-12-17(2)13-15-18/h4-15H,3,16H2,1-2H3. The van der Waals surface area contributed by atoms with Gasteiger partial charge in [0.1, 0.15) is 5.58 Å². The lowest BCUT2D eigenvalue weighted by atomic mass is 9.83. The topological polar surface area (TPSA) is 70.8 Å². The first-order chi connectivity index (χ1) is 16.5. The van der Waals surface area contributed by atoms with Gasteiger partial charge >= 0.3 is 0 Å². The first kappa shape index (κ1) is 20.4. The summed E-state index contributed by atoms with van der Waals surface area (Å²) in [6.07, 6.45) is 0. The zero-order chi connectivity index (χ0) is 23.6. The van der Waals surface area contributed by atoms with Gasteiger partial charge < -0.3 is 14.2 Å². The molecule has 0 N–H and O–H groups in total. The number of amides is 2. The summed E-state index contributed by atoms with van der Waals surface area (Å²) < 4.78 is 6.04. The van der Waals surface area contributed by atoms with E-state index in [0.29, 0.717) is 28.8 Å². The van der Waals surface area contributed by atoms with Crippen molar-refractivity contribution in [1.29, 1.82) is 0 Å². The predicted molar refractivity (Wildman–Crippen MR) is 129 cm³/mol. The van der Waals surface area contributed by atoms with Gasteiger partial charge in [0, 0.05) is 18.7 Å². The summed E-state index contributed by atoms with van der Waals surface area (Å²) in [5, 5.41) is 0.353. The number of fused-ring (bicyclic) bond motifs is 5. The second-order valence-electron chi connectivity index (χ2n) is 8.79. The van der Waals surface area contributed by atoms with Crippen molar-refractivity contribution in [3.05, 3.63) is 111 Å². The zero-order valence-electron chi connectivity index (χ0n) is 18.9. The highest BCUT2D eigenvalue weighted by Gasteiger charge is 2.64. The number of hydrogen-bond donors (Lipinski definition) is 0. The van der Waals surface area contributed by atoms with Crippen LogP contribution in [0.15, 0.2) is 82.0 Å². The van der Waals surface area contributed by atoms with E-state index in [9.17, 15) is 14.4 Å². The van der Waals surface area contributed by atoms with Crippen molar-refractivity contribution in [1.82, 2.24) is 4.90 Å². The first-order valence-electron chi connectivity index (χ1n) is 11.3. The molecule has 34 heavy (non-hydrogen) atoms. The Labute approximate surface area is 196 Å². The van der Waals surface area contributed by atoms with Crippen molar-refractivity contribution >= 4 is 28.5 Å². The molecule has 2 aliphatic heterocycles. The Balaban J connectivity index is 1.70. The maximum absolute atomic E-state index is 14.2. The lowest BCUT2D eigenvalue weighted by Gasteiger charge is -2.34. The van der Waals surface area contributed by atoms with Crippen molar-refractivity contribution in [2.24, 2.45) is 0 Å². The van der Waals surface area contributed by atoms with Crippen LogP contribution < -0.4 is 10.3 Å². The molecule has 1 atom stereocenters. The van der Waals surface area contributed by atoms with Crippen LogP contribution in [0, 0.1) is 6.92 Å². The number of nitrogens with zero attached hydrogens (tertiary/aromatic N) is 2. The number of anilines is 1. The van der Waals surface area contributed by atoms with E-state index in [0.717, 1.165) is 11.1 Å². The van der Waals surface area contributed by atoms with E-state index in [1.165, 1.54) is 4.90 Å². The number of carbonyl (C=O) groups is 2. The quantitative estimate of drug-likeness (QED) is 0.465. The van der Waals surface area contributed by atoms with Gasteiger partial charge in [-0.2, -0.15) is 0 Å². The van der Waals surface area contributed by atoms with Crippen molar-refractivity contribution < 1.29 is 14.0 Å². The molecule has 3 aromatic carbocycles. The number of rotatable bonds is 3. The van der Waals surface area contributed by atoms with E-state index >= 15 is 0 Å². The molecule has 0 fully saturated rings. The molecule has 6 rings (SSSR count). The largest absolute Gasteiger partial charge is 0.450 e. The molecule has 2 amide bonds. The van der Waals surface area contributed by atoms with Crippen LogP contribution in [0.4, 0.5) is 5.69 Å². The smallest absolute Gasteiger partial charge is 0.291 e. The molecule has 0 saturated heterocycles. The molecule has 6 nitrogen and oxygen atoms in total. The van der Waals surface area contributed by atoms with Gasteiger partial charge in [-0.25, -0.2) is 0 Å². The van der Waals surface area contributed by atoms with E-state index in [1.807, 2.05) is 62.4 Å². The Morgan fingerprint density at radius 3 is 2.35 bits per heavy atom. The number of carbonyl (C=O) groups excluding carboxylic acids is 2. The molecule has 2 aliphatic rings. The number of aryl methyl sites for hydroxylation is 1. The minimum absolute atomic E-state index is 0.0584. The second-order valence-corrected chi connectivity index (χ2v) is 8.79. The summed E-state index contributed by atoms with van der Waals surface area (Å²) in [5.41, 5.74) is 1.81. The maximum Gasteiger partial charge on any atom is 0.291 e. The Kier molecular flexibility index (Phi) is 4.30. The van der Waals surface area contributed by atoms with E-state index in [4.69, 9.17) is 4.42 Å². The monoisotopic (exact) mass is 450 g/mol. The van der Waals surface area contributed by atoms with Gasteiger partial charge in [0.15, 0.2) is 11.0 Å². The molecular weight excluding hydrogens is 428 g/mol. The predicted octanol–water partition coefficient (Wildman–Crippen LogP) is 4.37. The number of hydrogen-bond acceptors (Lipinski definition) is 4. The SMILES string of the molecule is CCN1C(=O)C2(c3ccccc31)c1c(oc3ccccc3c1=O)C(=O)N2Cc1ccc(C)cc1. The summed E-state index contributed by atoms with van der Waals surface area (Å²) >= 11 is 0. The van der Waals surface area contributed by atoms with Crippen LogP contribution in [0.5, 0.6) is 0 Å². The highest BCUT2D eigenvalue weighted by Crippen LogP contribution is 2.52. The van der Waals surface area contributed by atoms with Gasteiger partial charge in [-0.3, -0.25) is 14.4 Å². The molecule has 6 heteroatoms. The summed E-state index contributed by atoms with van der Waals surface area (Å²) in [7, 11) is 0. The molecular formula is C28H22N2O4. The molecule has 0 bridgehead atoms. The van der Waals surface area contributed by atoms with E-state index in [1.54, 1.807) is 29.2 Å². The Hall–Kier alpha value is -4.19. The van der Waals surface area contributed by atoms with Crippen LogP contribution in [-0.2, 0) is 16.9 Å². The first-order valence-corrected chi connectivity index (χ1v) is 11.3. The van der Waals surface area contributed by atoms with Crippen LogP contribution in [0.25, 0.3) is 11.0 Å². The van der Waals surface area contributed by atoms with Crippen molar-refractivity contribution in [2.75, 3.05) is 11.4 Å². The maximum atomic E-state index is 14.2. The normalized spacial score (nSPS) is 18.8. The highest BCUT2D eigenvalue weighted by atomic mass is 16.3. The summed E-state index contributed by atoms with van der Waals surface area (Å²) in [6, 6.07) is 22.1. The van der Waals surface area contributed by atoms with Gasteiger partial charge in [-0.1, -0.05) is 60.2 Å². The van der Waals surface area contributed by atoms with Gasteiger partial charge in [0.25, 0.3) is 11.8 Å². The van der Waals surface area contributed by atoms with Crippen LogP contribution >= 0.6 is 0 Å². The van der Waals surface area contributed by atoms with Crippen LogP contribution in [0.1, 0.15) is 39.7 Å². The third-order valence-corrected chi connectivity index (χ3v) is 6.92. The zero-order valence-corrected chi connectivity index (χ0v) is 18.9. The Morgan fingerprint density at radius 2 is 1.59 bits per heavy atom. The third kappa shape index (κ3) is 2.48. The lowest BCUT2D eigenvalue weighted by molar-refractivity contribution is -0.126. The molecule has 4 aromatic rings. The van der Waals surface area contributed by atoms with Crippen molar-refractivity contribution in [3.63, 3.8) is 0 Å². The average molecular weight is 450 g/mol. The fraction of sp³-hybridized carbons (Fsp3) is 0.179. The second kappa shape index (κ2) is 7.15. The van der Waals surface area contributed by atoms with Crippen LogP contribution in [0.3, 0.4) is 0 Å². The number of likely N-dealkylation sites (N-methyl/N-ethyl adjacent to an activating group) is 1. The number of benzene rings is 3. The lowest BCUT2D eigenvalue weighted by Crippen LogP contribution is -2.53. The van der Waals surface area contributed by atoms with Crippen molar-refractivity contribution in [2.45, 2.75) is 25.9 Å². The summed E-state index contributed by atoms with van der Waals surface area (Å²) in [5.74, 6) is -0.825. The minimum atomic E-state index is -1.57. The average Bonchev–Trinajstić information content (AvgIpc) is 3.25. The van der Waals surface area contributed by atoms with Gasteiger partial charge in [0.2, 0.25) is 5.76 Å². The molecule has 3 heterocycles. The van der Waals surface area contributed by atoms with Crippen molar-refractivity contribution in [3.8, 4) is 0 Å². The molecule has 0 radical (unpaired) electrons. The molecule has 0 aliphatic carbocycles. The fourth-order valence-electron chi connectivity index (χ4n) is 5.35. The van der Waals surface area contributed by atoms with Crippen LogP contribution in [-0.4, -0.2) is 23.3 Å². The highest BCUT2D eigenvalue weighted by molar-refractivity contribution is 6.17. The fourth-order valence-corrected chi connectivity index (χ4v) is 5.35. The van der Waals surface area contributed by atoms with Gasteiger partial charge in [0.05, 0.1) is 16.6 Å². The van der Waals surface area contributed by atoms with E-state index in [2.05, 4.69) is 0 Å². The Morgan fingerprint density at radius 1 is 0.882 bits per heavy atom. The van der Waals surface area contributed by atoms with Gasteiger partial charge in [-0.15, -0.1) is 0 Å². The molecule has 1 spiro atoms. The minimum Gasteiger partial charge on any atom is -0.450 e. The van der Waals surface area contributed by atoms with E-state index in [-0.39, 0.29) is 29.2 Å². The summed E-state index contributed by atoms with van der Waals surface area (Å²) in [4.78, 5) is 45.2.